The Morgan fingerprint density at radius 3 is 2.55 bits per heavy atom. The van der Waals surface area contributed by atoms with Gasteiger partial charge in [-0.1, -0.05) is 49.4 Å². The molecule has 0 spiro atoms. The van der Waals surface area contributed by atoms with Gasteiger partial charge in [0.05, 0.1) is 30.8 Å². The zero-order valence-corrected chi connectivity index (χ0v) is 19.6. The molecule has 0 saturated heterocycles. The zero-order valence-electron chi connectivity index (χ0n) is 17.3. The maximum Gasteiger partial charge on any atom is 0.191 e. The van der Waals surface area contributed by atoms with Gasteiger partial charge in [-0.25, -0.2) is 4.98 Å². The number of hydrogen-bond acceptors (Lipinski definition) is 3. The fraction of sp³-hybridized carbons (Fsp3) is 0.364. The van der Waals surface area contributed by atoms with Crippen molar-refractivity contribution < 1.29 is 4.74 Å². The molecule has 3 rings (SSSR count). The van der Waals surface area contributed by atoms with E-state index in [1.54, 1.807) is 7.05 Å². The molecule has 0 fully saturated rings. The van der Waals surface area contributed by atoms with E-state index in [1.807, 2.05) is 43.4 Å². The lowest BCUT2D eigenvalue weighted by molar-refractivity contribution is 0.0931. The molecule has 7 heteroatoms. The van der Waals surface area contributed by atoms with E-state index in [4.69, 9.17) is 4.74 Å². The van der Waals surface area contributed by atoms with Crippen molar-refractivity contribution in [3.8, 4) is 0 Å². The number of nitrogens with one attached hydrogen (secondary N) is 2. The molecular formula is C22H30IN5O. The fourth-order valence-corrected chi connectivity index (χ4v) is 3.02. The average Bonchev–Trinajstić information content (AvgIpc) is 3.05. The van der Waals surface area contributed by atoms with Gasteiger partial charge in [0.1, 0.15) is 5.82 Å². The minimum atomic E-state index is 0. The largest absolute Gasteiger partial charge is 0.376 e. The summed E-state index contributed by atoms with van der Waals surface area (Å²) in [5.41, 5.74) is 3.34. The van der Waals surface area contributed by atoms with Crippen LogP contribution in [-0.4, -0.2) is 35.7 Å². The van der Waals surface area contributed by atoms with E-state index in [2.05, 4.69) is 50.3 Å². The molecule has 29 heavy (non-hydrogen) atoms. The highest BCUT2D eigenvalue weighted by Crippen LogP contribution is 2.13. The molecule has 0 aliphatic heterocycles. The van der Waals surface area contributed by atoms with Gasteiger partial charge in [-0.2, -0.15) is 0 Å². The number of para-hydroxylation sites is 2. The van der Waals surface area contributed by atoms with Crippen molar-refractivity contribution in [2.45, 2.75) is 20.1 Å². The number of rotatable bonds is 8. The number of guanidine groups is 1. The topological polar surface area (TPSA) is 63.5 Å². The molecule has 0 saturated carbocycles. The average molecular weight is 507 g/mol. The number of nitrogens with zero attached hydrogens (tertiary/aromatic N) is 3. The Kier molecular flexibility index (Phi) is 9.40. The van der Waals surface area contributed by atoms with Crippen molar-refractivity contribution in [3.05, 3.63) is 66.0 Å². The molecule has 1 unspecified atom stereocenters. The van der Waals surface area contributed by atoms with Gasteiger partial charge in [0.25, 0.3) is 0 Å². The third kappa shape index (κ3) is 6.71. The second-order valence-electron chi connectivity index (χ2n) is 6.99. The zero-order chi connectivity index (χ0) is 19.8. The molecule has 0 aliphatic carbocycles. The standard InChI is InChI=1S/C22H29N5O.HI/c1-17(15-28-16-18-9-5-4-6-10-18)13-24-22(23-2)25-14-21-26-19-11-7-8-12-20(19)27(21)3;/h4-12,17H,13-16H2,1-3H3,(H2,23,24,25);1H. The first-order valence-electron chi connectivity index (χ1n) is 9.64. The number of aryl methyl sites for hydroxylation is 1. The molecule has 0 amide bonds. The van der Waals surface area contributed by atoms with Gasteiger partial charge >= 0.3 is 0 Å². The van der Waals surface area contributed by atoms with E-state index in [0.717, 1.165) is 29.4 Å². The summed E-state index contributed by atoms with van der Waals surface area (Å²) in [6.45, 7) is 4.91. The quantitative estimate of drug-likeness (QED) is 0.277. The van der Waals surface area contributed by atoms with Gasteiger partial charge in [0, 0.05) is 20.6 Å². The lowest BCUT2D eigenvalue weighted by atomic mass is 10.2. The summed E-state index contributed by atoms with van der Waals surface area (Å²) < 4.78 is 7.92. The predicted octanol–water partition coefficient (Wildman–Crippen LogP) is 3.71. The van der Waals surface area contributed by atoms with Crippen molar-refractivity contribution >= 4 is 41.0 Å². The Hall–Kier alpha value is -2.13. The number of halogens is 1. The van der Waals surface area contributed by atoms with E-state index in [9.17, 15) is 0 Å². The van der Waals surface area contributed by atoms with Crippen molar-refractivity contribution in [2.24, 2.45) is 18.0 Å². The Morgan fingerprint density at radius 2 is 1.83 bits per heavy atom. The SMILES string of the molecule is CN=C(NCc1nc2ccccc2n1C)NCC(C)COCc1ccccc1.I. The number of aromatic nitrogens is 2. The maximum absolute atomic E-state index is 5.81. The van der Waals surface area contributed by atoms with Crippen LogP contribution in [0.3, 0.4) is 0 Å². The van der Waals surface area contributed by atoms with E-state index >= 15 is 0 Å². The van der Waals surface area contributed by atoms with Crippen LogP contribution in [0.5, 0.6) is 0 Å². The highest BCUT2D eigenvalue weighted by Gasteiger charge is 2.09. The minimum absolute atomic E-state index is 0. The highest BCUT2D eigenvalue weighted by atomic mass is 127. The van der Waals surface area contributed by atoms with E-state index in [-0.39, 0.29) is 24.0 Å². The summed E-state index contributed by atoms with van der Waals surface area (Å²) in [6.07, 6.45) is 0. The minimum Gasteiger partial charge on any atom is -0.376 e. The first kappa shape index (κ1) is 23.2. The molecule has 6 nitrogen and oxygen atoms in total. The summed E-state index contributed by atoms with van der Waals surface area (Å²) in [4.78, 5) is 8.98. The smallest absolute Gasteiger partial charge is 0.191 e. The van der Waals surface area contributed by atoms with Crippen LogP contribution in [0.4, 0.5) is 0 Å². The van der Waals surface area contributed by atoms with Crippen LogP contribution in [0, 0.1) is 5.92 Å². The number of benzene rings is 2. The lowest BCUT2D eigenvalue weighted by Crippen LogP contribution is -2.40. The number of fused-ring (bicyclic) bond motifs is 1. The molecular weight excluding hydrogens is 477 g/mol. The first-order valence-corrected chi connectivity index (χ1v) is 9.64. The monoisotopic (exact) mass is 507 g/mol. The van der Waals surface area contributed by atoms with Crippen molar-refractivity contribution in [1.29, 1.82) is 0 Å². The van der Waals surface area contributed by atoms with Crippen LogP contribution >= 0.6 is 24.0 Å². The van der Waals surface area contributed by atoms with Gasteiger partial charge in [0.2, 0.25) is 0 Å². The number of hydrogen-bond donors (Lipinski definition) is 2. The third-order valence-electron chi connectivity index (χ3n) is 4.65. The van der Waals surface area contributed by atoms with E-state index in [1.165, 1.54) is 5.56 Å². The Bertz CT molecular complexity index is 910. The second kappa shape index (κ2) is 11.8. The van der Waals surface area contributed by atoms with Crippen LogP contribution < -0.4 is 10.6 Å². The van der Waals surface area contributed by atoms with Gasteiger partial charge < -0.3 is 19.9 Å². The molecule has 3 aromatic rings. The second-order valence-corrected chi connectivity index (χ2v) is 6.99. The summed E-state index contributed by atoms with van der Waals surface area (Å²) in [5, 5.41) is 6.70. The highest BCUT2D eigenvalue weighted by molar-refractivity contribution is 14.0. The summed E-state index contributed by atoms with van der Waals surface area (Å²) >= 11 is 0. The van der Waals surface area contributed by atoms with Crippen LogP contribution in [0.15, 0.2) is 59.6 Å². The Labute approximate surface area is 189 Å². The Morgan fingerprint density at radius 1 is 1.10 bits per heavy atom. The maximum atomic E-state index is 5.81. The van der Waals surface area contributed by atoms with Crippen LogP contribution in [0.1, 0.15) is 18.3 Å². The normalized spacial score (nSPS) is 12.4. The van der Waals surface area contributed by atoms with Crippen molar-refractivity contribution in [2.75, 3.05) is 20.2 Å². The molecule has 1 aromatic heterocycles. The fourth-order valence-electron chi connectivity index (χ4n) is 3.02. The third-order valence-corrected chi connectivity index (χ3v) is 4.65. The summed E-state index contributed by atoms with van der Waals surface area (Å²) in [6, 6.07) is 18.4. The van der Waals surface area contributed by atoms with Crippen LogP contribution in [-0.2, 0) is 24.9 Å². The molecule has 0 aliphatic rings. The van der Waals surface area contributed by atoms with Crippen molar-refractivity contribution in [3.63, 3.8) is 0 Å². The molecule has 1 atom stereocenters. The first-order chi connectivity index (χ1) is 13.7. The lowest BCUT2D eigenvalue weighted by Gasteiger charge is -2.16. The van der Waals surface area contributed by atoms with Gasteiger partial charge in [0.15, 0.2) is 5.96 Å². The molecule has 2 N–H and O–H groups in total. The number of aliphatic imine (C=N–C) groups is 1. The molecule has 0 radical (unpaired) electrons. The molecule has 1 heterocycles. The molecule has 0 bridgehead atoms. The van der Waals surface area contributed by atoms with Gasteiger partial charge in [-0.05, 0) is 23.6 Å². The van der Waals surface area contributed by atoms with E-state index in [0.29, 0.717) is 25.7 Å². The number of ether oxygens (including phenoxy) is 1. The summed E-state index contributed by atoms with van der Waals surface area (Å²) in [5.74, 6) is 2.11. The predicted molar refractivity (Wildman–Crippen MR) is 130 cm³/mol. The van der Waals surface area contributed by atoms with Gasteiger partial charge in [-0.15, -0.1) is 24.0 Å². The molecule has 156 valence electrons. The molecule has 2 aromatic carbocycles. The van der Waals surface area contributed by atoms with Gasteiger partial charge in [-0.3, -0.25) is 4.99 Å². The van der Waals surface area contributed by atoms with E-state index < -0.39 is 0 Å². The van der Waals surface area contributed by atoms with Crippen LogP contribution in [0.25, 0.3) is 11.0 Å². The van der Waals surface area contributed by atoms with Crippen LogP contribution in [0.2, 0.25) is 0 Å². The van der Waals surface area contributed by atoms with Crippen molar-refractivity contribution in [1.82, 2.24) is 20.2 Å². The Balaban J connectivity index is 0.00000300. The number of imidazole rings is 1. The summed E-state index contributed by atoms with van der Waals surface area (Å²) in [7, 11) is 3.81.